The first-order valence-electron chi connectivity index (χ1n) is 9.67. The molecule has 1 aliphatic rings. The smallest absolute Gasteiger partial charge is 0.144 e. The van der Waals surface area contributed by atoms with Crippen molar-refractivity contribution >= 4 is 23.0 Å². The molecule has 0 saturated carbocycles. The van der Waals surface area contributed by atoms with E-state index >= 15 is 0 Å². The number of hydrogen-bond donors (Lipinski definition) is 1. The van der Waals surface area contributed by atoms with Gasteiger partial charge in [-0.05, 0) is 35.4 Å². The van der Waals surface area contributed by atoms with Crippen molar-refractivity contribution < 1.29 is 5.11 Å². The molecular weight excluding hydrogens is 378 g/mol. The van der Waals surface area contributed by atoms with Crippen LogP contribution in [0.1, 0.15) is 22.3 Å². The summed E-state index contributed by atoms with van der Waals surface area (Å²) in [6, 6.07) is 34.1. The van der Waals surface area contributed by atoms with E-state index in [1.165, 1.54) is 5.56 Å². The zero-order chi connectivity index (χ0) is 19.8. The maximum Gasteiger partial charge on any atom is 0.144 e. The monoisotopic (exact) mass is 397 g/mol. The highest BCUT2D eigenvalue weighted by Crippen LogP contribution is 2.51. The molecule has 0 atom stereocenters. The number of para-hydroxylation sites is 2. The van der Waals surface area contributed by atoms with Crippen LogP contribution in [-0.4, -0.2) is 5.11 Å². The van der Waals surface area contributed by atoms with E-state index in [1.807, 2.05) is 66.7 Å². The number of halogens is 1. The van der Waals surface area contributed by atoms with Crippen molar-refractivity contribution in [3.05, 3.63) is 130 Å². The van der Waals surface area contributed by atoms with Crippen LogP contribution < -0.4 is 4.90 Å². The van der Waals surface area contributed by atoms with Crippen LogP contribution in [0.5, 0.6) is 0 Å². The van der Waals surface area contributed by atoms with Gasteiger partial charge in [0.1, 0.15) is 5.60 Å². The van der Waals surface area contributed by atoms with Crippen molar-refractivity contribution in [2.75, 3.05) is 4.90 Å². The topological polar surface area (TPSA) is 23.5 Å². The normalized spacial score (nSPS) is 14.2. The number of fused-ring (bicyclic) bond motifs is 2. The molecule has 0 bridgehead atoms. The largest absolute Gasteiger partial charge is 0.376 e. The van der Waals surface area contributed by atoms with Crippen LogP contribution in [0.2, 0.25) is 5.02 Å². The number of hydrogen-bond acceptors (Lipinski definition) is 2. The Balaban J connectivity index is 1.74. The van der Waals surface area contributed by atoms with Crippen LogP contribution in [0.3, 0.4) is 0 Å². The van der Waals surface area contributed by atoms with E-state index in [4.69, 9.17) is 11.6 Å². The summed E-state index contributed by atoms with van der Waals surface area (Å²) < 4.78 is 0. The predicted molar refractivity (Wildman–Crippen MR) is 119 cm³/mol. The second-order valence-electron chi connectivity index (χ2n) is 7.32. The van der Waals surface area contributed by atoms with Crippen molar-refractivity contribution in [3.8, 4) is 0 Å². The Morgan fingerprint density at radius 3 is 1.76 bits per heavy atom. The van der Waals surface area contributed by atoms with Crippen molar-refractivity contribution in [2.45, 2.75) is 12.1 Å². The van der Waals surface area contributed by atoms with Crippen LogP contribution in [0, 0.1) is 0 Å². The fourth-order valence-corrected chi connectivity index (χ4v) is 4.37. The zero-order valence-corrected chi connectivity index (χ0v) is 16.6. The highest BCUT2D eigenvalue weighted by atomic mass is 35.5. The van der Waals surface area contributed by atoms with E-state index in [0.29, 0.717) is 5.02 Å². The summed E-state index contributed by atoms with van der Waals surface area (Å²) in [6.07, 6.45) is 0. The lowest BCUT2D eigenvalue weighted by molar-refractivity contribution is 0.124. The van der Waals surface area contributed by atoms with Crippen LogP contribution in [0.25, 0.3) is 0 Å². The third kappa shape index (κ3) is 2.93. The van der Waals surface area contributed by atoms with Gasteiger partial charge < -0.3 is 10.0 Å². The minimum absolute atomic E-state index is 0.653. The molecule has 4 aromatic rings. The molecule has 1 aliphatic heterocycles. The molecule has 1 heterocycles. The van der Waals surface area contributed by atoms with Gasteiger partial charge in [-0.1, -0.05) is 90.5 Å². The molecule has 0 fully saturated rings. The highest BCUT2D eigenvalue weighted by molar-refractivity contribution is 6.30. The van der Waals surface area contributed by atoms with Gasteiger partial charge >= 0.3 is 0 Å². The summed E-state index contributed by atoms with van der Waals surface area (Å²) in [7, 11) is 0. The first-order chi connectivity index (χ1) is 14.2. The van der Waals surface area contributed by atoms with Crippen LogP contribution >= 0.6 is 11.6 Å². The Labute approximate surface area is 175 Å². The lowest BCUT2D eigenvalue weighted by Crippen LogP contribution is -2.37. The van der Waals surface area contributed by atoms with Crippen LogP contribution in [0.15, 0.2) is 103 Å². The van der Waals surface area contributed by atoms with Crippen molar-refractivity contribution in [2.24, 2.45) is 0 Å². The zero-order valence-electron chi connectivity index (χ0n) is 15.8. The van der Waals surface area contributed by atoms with Gasteiger partial charge in [0.15, 0.2) is 0 Å². The van der Waals surface area contributed by atoms with E-state index in [9.17, 15) is 5.11 Å². The molecule has 0 radical (unpaired) electrons. The van der Waals surface area contributed by atoms with Crippen LogP contribution in [0.4, 0.5) is 11.4 Å². The first kappa shape index (κ1) is 18.0. The average Bonchev–Trinajstić information content (AvgIpc) is 2.78. The summed E-state index contributed by atoms with van der Waals surface area (Å²) in [6.45, 7) is 0.728. The lowest BCUT2D eigenvalue weighted by atomic mass is 9.76. The van der Waals surface area contributed by atoms with Gasteiger partial charge in [0.05, 0.1) is 0 Å². The Morgan fingerprint density at radius 1 is 0.655 bits per heavy atom. The molecule has 3 heteroatoms. The summed E-state index contributed by atoms with van der Waals surface area (Å²) >= 11 is 6.12. The average molecular weight is 398 g/mol. The molecule has 4 aromatic carbocycles. The van der Waals surface area contributed by atoms with Crippen LogP contribution in [-0.2, 0) is 12.1 Å². The minimum Gasteiger partial charge on any atom is -0.376 e. The van der Waals surface area contributed by atoms with E-state index in [-0.39, 0.29) is 0 Å². The molecule has 0 aliphatic carbocycles. The van der Waals surface area contributed by atoms with Gasteiger partial charge in [0.25, 0.3) is 0 Å². The summed E-state index contributed by atoms with van der Waals surface area (Å²) in [5, 5.41) is 12.8. The third-order valence-electron chi connectivity index (χ3n) is 5.61. The number of rotatable bonds is 3. The molecule has 2 nitrogen and oxygen atoms in total. The number of benzene rings is 4. The predicted octanol–water partition coefficient (Wildman–Crippen LogP) is 6.28. The number of nitrogens with zero attached hydrogens (tertiary/aromatic N) is 1. The minimum atomic E-state index is -1.25. The Hall–Kier alpha value is -3.07. The molecular formula is C26H20ClNO. The fourth-order valence-electron chi connectivity index (χ4n) is 4.24. The molecule has 0 amide bonds. The summed E-state index contributed by atoms with van der Waals surface area (Å²) in [5.74, 6) is 0. The second-order valence-corrected chi connectivity index (χ2v) is 7.76. The van der Waals surface area contributed by atoms with Crippen molar-refractivity contribution in [1.82, 2.24) is 0 Å². The van der Waals surface area contributed by atoms with E-state index in [2.05, 4.69) is 41.3 Å². The van der Waals surface area contributed by atoms with Crippen molar-refractivity contribution in [3.63, 3.8) is 0 Å². The second kappa shape index (κ2) is 7.07. The lowest BCUT2D eigenvalue weighted by Gasteiger charge is -2.43. The summed E-state index contributed by atoms with van der Waals surface area (Å²) in [4.78, 5) is 2.28. The Kier molecular flexibility index (Phi) is 4.39. The molecule has 29 heavy (non-hydrogen) atoms. The van der Waals surface area contributed by atoms with Gasteiger partial charge in [0.2, 0.25) is 0 Å². The molecule has 0 saturated heterocycles. The van der Waals surface area contributed by atoms with E-state index in [1.54, 1.807) is 0 Å². The molecule has 0 aromatic heterocycles. The maximum atomic E-state index is 12.2. The third-order valence-corrected chi connectivity index (χ3v) is 5.87. The first-order valence-corrected chi connectivity index (χ1v) is 10.0. The molecule has 0 spiro atoms. The Morgan fingerprint density at radius 2 is 1.17 bits per heavy atom. The van der Waals surface area contributed by atoms with Gasteiger partial charge in [-0.15, -0.1) is 0 Å². The van der Waals surface area contributed by atoms with E-state index < -0.39 is 5.60 Å². The molecule has 142 valence electrons. The molecule has 0 unspecified atom stereocenters. The highest BCUT2D eigenvalue weighted by Gasteiger charge is 2.42. The fraction of sp³-hybridized carbons (Fsp3) is 0.0769. The standard InChI is InChI=1S/C26H20ClNO/c27-21-16-14-20(15-17-21)26(29)22-10-4-6-12-24(22)28(18-19-8-2-1-3-9-19)25-13-7-5-11-23(25)26/h1-17,29H,18H2. The quantitative estimate of drug-likeness (QED) is 0.440. The summed E-state index contributed by atoms with van der Waals surface area (Å²) in [5.41, 5.74) is 4.54. The van der Waals surface area contributed by atoms with Gasteiger partial charge in [-0.25, -0.2) is 0 Å². The Bertz CT molecular complexity index is 1110. The van der Waals surface area contributed by atoms with Gasteiger partial charge in [-0.3, -0.25) is 0 Å². The van der Waals surface area contributed by atoms with Gasteiger partial charge in [0, 0.05) is 34.1 Å². The number of anilines is 2. The van der Waals surface area contributed by atoms with Crippen molar-refractivity contribution in [1.29, 1.82) is 0 Å². The SMILES string of the molecule is OC1(c2ccc(Cl)cc2)c2ccccc2N(Cc2ccccc2)c2ccccc21. The van der Waals surface area contributed by atoms with E-state index in [0.717, 1.165) is 34.6 Å². The van der Waals surface area contributed by atoms with Gasteiger partial charge in [-0.2, -0.15) is 0 Å². The molecule has 5 rings (SSSR count). The maximum absolute atomic E-state index is 12.2. The molecule has 1 N–H and O–H groups in total. The number of aliphatic hydroxyl groups is 1.